The second-order valence-electron chi connectivity index (χ2n) is 4.62. The van der Waals surface area contributed by atoms with Crippen molar-refractivity contribution >= 4 is 11.9 Å². The van der Waals surface area contributed by atoms with Crippen molar-refractivity contribution in [2.24, 2.45) is 0 Å². The molecule has 1 aromatic carbocycles. The van der Waals surface area contributed by atoms with E-state index in [0.29, 0.717) is 19.3 Å². The molecule has 0 aliphatic carbocycles. The fourth-order valence-corrected chi connectivity index (χ4v) is 1.91. The first kappa shape index (κ1) is 17.6. The molecule has 1 atom stereocenters. The summed E-state index contributed by atoms with van der Waals surface area (Å²) in [4.78, 5) is 23.5. The van der Waals surface area contributed by atoms with E-state index >= 15 is 0 Å². The van der Waals surface area contributed by atoms with Gasteiger partial charge in [-0.1, -0.05) is 6.07 Å². The molecule has 1 aromatic rings. The third-order valence-electron chi connectivity index (χ3n) is 3.03. The first-order chi connectivity index (χ1) is 10.5. The molecular weight excluding hydrogens is 292 g/mol. The van der Waals surface area contributed by atoms with Crippen LogP contribution in [0.4, 0.5) is 8.78 Å². The van der Waals surface area contributed by atoms with Gasteiger partial charge in [-0.25, -0.2) is 13.6 Å². The van der Waals surface area contributed by atoms with Crippen LogP contribution in [-0.4, -0.2) is 25.0 Å². The van der Waals surface area contributed by atoms with E-state index < -0.39 is 36.0 Å². The quantitative estimate of drug-likeness (QED) is 0.476. The van der Waals surface area contributed by atoms with Crippen molar-refractivity contribution in [3.63, 3.8) is 0 Å². The summed E-state index contributed by atoms with van der Waals surface area (Å²) in [6.07, 6.45) is 5.89. The van der Waals surface area contributed by atoms with E-state index in [1.807, 2.05) is 0 Å². The topological polar surface area (TPSA) is 55.4 Å². The van der Waals surface area contributed by atoms with Crippen molar-refractivity contribution in [3.05, 3.63) is 35.4 Å². The lowest BCUT2D eigenvalue weighted by molar-refractivity contribution is -0.145. The number of hydrogen-bond donors (Lipinski definition) is 1. The molecule has 0 heterocycles. The number of esters is 1. The van der Waals surface area contributed by atoms with E-state index in [-0.39, 0.29) is 5.56 Å². The second kappa shape index (κ2) is 8.78. The molecular formula is C16H17F2NO3. The van der Waals surface area contributed by atoms with Gasteiger partial charge in [0.05, 0.1) is 13.5 Å². The number of halogens is 2. The molecule has 0 saturated carbocycles. The summed E-state index contributed by atoms with van der Waals surface area (Å²) in [5.74, 6) is -0.485. The summed E-state index contributed by atoms with van der Waals surface area (Å²) in [5, 5.41) is 2.41. The Hall–Kier alpha value is -2.42. The average Bonchev–Trinajstić information content (AvgIpc) is 2.49. The van der Waals surface area contributed by atoms with Crippen LogP contribution in [0.5, 0.6) is 0 Å². The summed E-state index contributed by atoms with van der Waals surface area (Å²) >= 11 is 0. The Balaban J connectivity index is 2.70. The largest absolute Gasteiger partial charge is 0.467 e. The molecule has 1 rings (SSSR count). The van der Waals surface area contributed by atoms with Gasteiger partial charge >= 0.3 is 5.97 Å². The second-order valence-corrected chi connectivity index (χ2v) is 4.62. The molecule has 0 bridgehead atoms. The lowest BCUT2D eigenvalue weighted by Crippen LogP contribution is -2.42. The standard InChI is InChI=1S/C16H17F2NO3/c1-3-4-5-9-14(16(21)22-2)19-15(20)10-11-12(17)7-6-8-13(11)18/h1,6-8,14H,4-5,9-10H2,2H3,(H,19,20)/t14-/m0/s1. The van der Waals surface area contributed by atoms with Crippen LogP contribution in [-0.2, 0) is 20.7 Å². The van der Waals surface area contributed by atoms with Gasteiger partial charge in [0, 0.05) is 12.0 Å². The van der Waals surface area contributed by atoms with Gasteiger partial charge in [0.1, 0.15) is 17.7 Å². The van der Waals surface area contributed by atoms with E-state index in [9.17, 15) is 18.4 Å². The Kier molecular flexibility index (Phi) is 7.03. The predicted octanol–water partition coefficient (Wildman–Crippen LogP) is 1.97. The van der Waals surface area contributed by atoms with E-state index in [2.05, 4.69) is 16.0 Å². The van der Waals surface area contributed by atoms with Crippen LogP contribution in [0.25, 0.3) is 0 Å². The Labute approximate surface area is 127 Å². The number of carbonyl (C=O) groups excluding carboxylic acids is 2. The Morgan fingerprint density at radius 1 is 1.36 bits per heavy atom. The zero-order valence-electron chi connectivity index (χ0n) is 12.2. The summed E-state index contributed by atoms with van der Waals surface area (Å²) in [7, 11) is 1.19. The van der Waals surface area contributed by atoms with Crippen LogP contribution < -0.4 is 5.32 Å². The SMILES string of the molecule is C#CCCC[C@H](NC(=O)Cc1c(F)cccc1F)C(=O)OC. The molecule has 0 radical (unpaired) electrons. The van der Waals surface area contributed by atoms with E-state index in [0.717, 1.165) is 12.1 Å². The highest BCUT2D eigenvalue weighted by Gasteiger charge is 2.22. The van der Waals surface area contributed by atoms with Crippen molar-refractivity contribution in [2.75, 3.05) is 7.11 Å². The zero-order chi connectivity index (χ0) is 16.5. The van der Waals surface area contributed by atoms with Crippen LogP contribution in [0, 0.1) is 24.0 Å². The van der Waals surface area contributed by atoms with Gasteiger partial charge in [0.25, 0.3) is 0 Å². The molecule has 0 spiro atoms. The van der Waals surface area contributed by atoms with Gasteiger partial charge in [0.2, 0.25) is 5.91 Å². The van der Waals surface area contributed by atoms with Crippen LogP contribution in [0.15, 0.2) is 18.2 Å². The molecule has 0 unspecified atom stereocenters. The maximum absolute atomic E-state index is 13.5. The van der Waals surface area contributed by atoms with Crippen LogP contribution in [0.2, 0.25) is 0 Å². The first-order valence-electron chi connectivity index (χ1n) is 6.73. The van der Waals surface area contributed by atoms with Crippen molar-refractivity contribution in [3.8, 4) is 12.3 Å². The van der Waals surface area contributed by atoms with E-state index in [1.165, 1.54) is 13.2 Å². The highest BCUT2D eigenvalue weighted by Crippen LogP contribution is 2.13. The van der Waals surface area contributed by atoms with Crippen molar-refractivity contribution < 1.29 is 23.1 Å². The predicted molar refractivity (Wildman–Crippen MR) is 76.7 cm³/mol. The Morgan fingerprint density at radius 3 is 2.55 bits per heavy atom. The minimum Gasteiger partial charge on any atom is -0.467 e. The molecule has 0 aromatic heterocycles. The minimum atomic E-state index is -0.888. The number of terminal acetylenes is 1. The average molecular weight is 309 g/mol. The molecule has 0 aliphatic rings. The number of amides is 1. The van der Waals surface area contributed by atoms with Crippen molar-refractivity contribution in [1.82, 2.24) is 5.32 Å². The van der Waals surface area contributed by atoms with Gasteiger partial charge in [0.15, 0.2) is 0 Å². The van der Waals surface area contributed by atoms with Crippen molar-refractivity contribution in [2.45, 2.75) is 31.7 Å². The zero-order valence-corrected chi connectivity index (χ0v) is 12.2. The third-order valence-corrected chi connectivity index (χ3v) is 3.03. The molecule has 4 nitrogen and oxygen atoms in total. The molecule has 6 heteroatoms. The summed E-state index contributed by atoms with van der Waals surface area (Å²) in [6.45, 7) is 0. The fourth-order valence-electron chi connectivity index (χ4n) is 1.91. The number of benzene rings is 1. The Bertz CT molecular complexity index is 561. The highest BCUT2D eigenvalue weighted by molar-refractivity contribution is 5.85. The smallest absolute Gasteiger partial charge is 0.328 e. The number of carbonyl (C=O) groups is 2. The number of hydrogen-bond acceptors (Lipinski definition) is 3. The van der Waals surface area contributed by atoms with Gasteiger partial charge in [-0.3, -0.25) is 4.79 Å². The van der Waals surface area contributed by atoms with Crippen LogP contribution >= 0.6 is 0 Å². The Morgan fingerprint density at radius 2 is 2.00 bits per heavy atom. The summed E-state index contributed by atoms with van der Waals surface area (Å²) in [5.41, 5.74) is -0.341. The van der Waals surface area contributed by atoms with E-state index in [1.54, 1.807) is 0 Å². The van der Waals surface area contributed by atoms with Gasteiger partial charge in [-0.2, -0.15) is 0 Å². The highest BCUT2D eigenvalue weighted by atomic mass is 19.1. The number of nitrogens with one attached hydrogen (secondary N) is 1. The first-order valence-corrected chi connectivity index (χ1v) is 6.73. The summed E-state index contributed by atoms with van der Waals surface area (Å²) in [6, 6.07) is 2.45. The normalized spacial score (nSPS) is 11.4. The monoisotopic (exact) mass is 309 g/mol. The molecule has 0 fully saturated rings. The lowest BCUT2D eigenvalue weighted by Gasteiger charge is -2.16. The van der Waals surface area contributed by atoms with Crippen LogP contribution in [0.3, 0.4) is 0 Å². The molecule has 0 saturated heterocycles. The minimum absolute atomic E-state index is 0.294. The third kappa shape index (κ3) is 5.17. The summed E-state index contributed by atoms with van der Waals surface area (Å²) < 4.78 is 31.6. The van der Waals surface area contributed by atoms with E-state index in [4.69, 9.17) is 6.42 Å². The molecule has 22 heavy (non-hydrogen) atoms. The molecule has 1 amide bonds. The lowest BCUT2D eigenvalue weighted by atomic mass is 10.1. The number of ether oxygens (including phenoxy) is 1. The number of methoxy groups -OCH3 is 1. The molecule has 0 aliphatic heterocycles. The number of unbranched alkanes of at least 4 members (excludes halogenated alkanes) is 1. The fraction of sp³-hybridized carbons (Fsp3) is 0.375. The molecule has 1 N–H and O–H groups in total. The van der Waals surface area contributed by atoms with Gasteiger partial charge < -0.3 is 10.1 Å². The van der Waals surface area contributed by atoms with Gasteiger partial charge in [-0.15, -0.1) is 12.3 Å². The van der Waals surface area contributed by atoms with Gasteiger partial charge in [-0.05, 0) is 25.0 Å². The van der Waals surface area contributed by atoms with Crippen molar-refractivity contribution in [1.29, 1.82) is 0 Å². The molecule has 118 valence electrons. The maximum Gasteiger partial charge on any atom is 0.328 e. The number of rotatable bonds is 7. The van der Waals surface area contributed by atoms with Crippen LogP contribution in [0.1, 0.15) is 24.8 Å². The maximum atomic E-state index is 13.5.